The van der Waals surface area contributed by atoms with E-state index in [4.69, 9.17) is 0 Å². The number of hydrogen-bond donors (Lipinski definition) is 1. The normalized spacial score (nSPS) is 10.7. The fourth-order valence-electron chi connectivity index (χ4n) is 1.14. The molecule has 1 N–H and O–H groups in total. The van der Waals surface area contributed by atoms with Crippen molar-refractivity contribution in [2.45, 2.75) is 20.8 Å². The van der Waals surface area contributed by atoms with Crippen LogP contribution in [0.1, 0.15) is 31.1 Å². The topological polar surface area (TPSA) is 72.5 Å². The van der Waals surface area contributed by atoms with Gasteiger partial charge in [-0.05, 0) is 32.9 Å². The molecule has 1 amide bonds. The number of amides is 1. The Labute approximate surface area is 111 Å². The van der Waals surface area contributed by atoms with E-state index in [1.807, 2.05) is 0 Å². The monoisotopic (exact) mass is 263 g/mol. The third-order valence-electron chi connectivity index (χ3n) is 2.25. The highest BCUT2D eigenvalue weighted by Crippen LogP contribution is 2.14. The van der Waals surface area contributed by atoms with Crippen molar-refractivity contribution in [2.24, 2.45) is 5.41 Å². The van der Waals surface area contributed by atoms with Crippen LogP contribution in [-0.2, 0) is 14.3 Å². The number of benzene rings is 1. The van der Waals surface area contributed by atoms with Crippen molar-refractivity contribution in [3.8, 4) is 0 Å². The van der Waals surface area contributed by atoms with Gasteiger partial charge in [-0.3, -0.25) is 9.59 Å². The largest absolute Gasteiger partial charge is 0.391 e. The van der Waals surface area contributed by atoms with Crippen molar-refractivity contribution in [1.29, 1.82) is 0 Å². The second kappa shape index (κ2) is 6.13. The minimum Gasteiger partial charge on any atom is -0.391 e. The summed E-state index contributed by atoms with van der Waals surface area (Å²) in [4.78, 5) is 34.4. The average Bonchev–Trinajstić information content (AvgIpc) is 2.35. The van der Waals surface area contributed by atoms with Crippen LogP contribution in [0.2, 0.25) is 0 Å². The van der Waals surface area contributed by atoms with E-state index in [-0.39, 0.29) is 12.5 Å². The molecule has 0 aromatic heterocycles. The van der Waals surface area contributed by atoms with Gasteiger partial charge < -0.3 is 10.1 Å². The number of carbonyl (C=O) groups excluding carboxylic acids is 3. The summed E-state index contributed by atoms with van der Waals surface area (Å²) in [5.41, 5.74) is -0.309. The predicted molar refractivity (Wildman–Crippen MR) is 69.3 cm³/mol. The van der Waals surface area contributed by atoms with E-state index in [2.05, 4.69) is 10.1 Å². The molecule has 5 nitrogen and oxygen atoms in total. The predicted octanol–water partition coefficient (Wildman–Crippen LogP) is 1.53. The maximum Gasteiger partial charge on any atom is 0.333 e. The molecule has 0 spiro atoms. The fourth-order valence-corrected chi connectivity index (χ4v) is 1.14. The van der Waals surface area contributed by atoms with Gasteiger partial charge in [0.1, 0.15) is 6.54 Å². The number of nitrogens with one attached hydrogen (secondary N) is 1. The minimum absolute atomic E-state index is 0.338. The van der Waals surface area contributed by atoms with E-state index >= 15 is 0 Å². The van der Waals surface area contributed by atoms with Crippen molar-refractivity contribution in [3.05, 3.63) is 35.9 Å². The lowest BCUT2D eigenvalue weighted by Gasteiger charge is -2.15. The van der Waals surface area contributed by atoms with Crippen molar-refractivity contribution < 1.29 is 19.1 Å². The Hall–Kier alpha value is -2.17. The lowest BCUT2D eigenvalue weighted by atomic mass is 9.97. The zero-order valence-electron chi connectivity index (χ0n) is 11.2. The van der Waals surface area contributed by atoms with Crippen molar-refractivity contribution >= 4 is 17.8 Å². The second-order valence-electron chi connectivity index (χ2n) is 5.06. The Bertz CT molecular complexity index is 474. The van der Waals surface area contributed by atoms with Crippen LogP contribution in [0.25, 0.3) is 0 Å². The molecule has 0 aliphatic heterocycles. The van der Waals surface area contributed by atoms with Crippen LogP contribution < -0.4 is 5.32 Å². The maximum absolute atomic E-state index is 11.6. The molecule has 0 radical (unpaired) electrons. The van der Waals surface area contributed by atoms with Crippen LogP contribution in [0.3, 0.4) is 0 Å². The minimum atomic E-state index is -0.774. The molecule has 0 aliphatic carbocycles. The van der Waals surface area contributed by atoms with Gasteiger partial charge >= 0.3 is 11.9 Å². The lowest BCUT2D eigenvalue weighted by Crippen LogP contribution is -2.34. The molecule has 0 atom stereocenters. The van der Waals surface area contributed by atoms with E-state index in [1.165, 1.54) is 0 Å². The Morgan fingerprint density at radius 3 is 2.21 bits per heavy atom. The highest BCUT2D eigenvalue weighted by molar-refractivity contribution is 5.97. The highest BCUT2D eigenvalue weighted by Gasteiger charge is 2.25. The Balaban J connectivity index is 2.43. The number of carbonyl (C=O) groups is 3. The standard InChI is InChI=1S/C14H17NO4/c1-14(2,3)13(18)19-11(16)9-15-12(17)10-7-5-4-6-8-10/h4-8H,9H2,1-3H3,(H,15,17). The first-order valence-corrected chi connectivity index (χ1v) is 5.89. The first kappa shape index (κ1) is 14.9. The van der Waals surface area contributed by atoms with Gasteiger partial charge in [0.25, 0.3) is 5.91 Å². The Morgan fingerprint density at radius 2 is 1.68 bits per heavy atom. The van der Waals surface area contributed by atoms with Gasteiger partial charge in [-0.1, -0.05) is 18.2 Å². The van der Waals surface area contributed by atoms with Gasteiger partial charge in [0, 0.05) is 5.56 Å². The highest BCUT2D eigenvalue weighted by atomic mass is 16.6. The summed E-state index contributed by atoms with van der Waals surface area (Å²) in [5.74, 6) is -1.78. The molecule has 0 unspecified atom stereocenters. The molecule has 0 fully saturated rings. The quantitative estimate of drug-likeness (QED) is 0.663. The molecule has 1 aromatic carbocycles. The lowest BCUT2D eigenvalue weighted by molar-refractivity contribution is -0.164. The van der Waals surface area contributed by atoms with Gasteiger partial charge in [0.15, 0.2) is 0 Å². The van der Waals surface area contributed by atoms with Gasteiger partial charge in [-0.25, -0.2) is 4.79 Å². The van der Waals surface area contributed by atoms with E-state index < -0.39 is 17.4 Å². The average molecular weight is 263 g/mol. The number of hydrogen-bond acceptors (Lipinski definition) is 4. The summed E-state index contributed by atoms with van der Waals surface area (Å²) < 4.78 is 4.61. The molecule has 0 aliphatic rings. The van der Waals surface area contributed by atoms with Crippen LogP contribution in [0.4, 0.5) is 0 Å². The number of rotatable bonds is 3. The Morgan fingerprint density at radius 1 is 1.11 bits per heavy atom. The summed E-state index contributed by atoms with van der Waals surface area (Å²) in [7, 11) is 0. The van der Waals surface area contributed by atoms with E-state index in [1.54, 1.807) is 51.1 Å². The molecule has 1 aromatic rings. The van der Waals surface area contributed by atoms with Gasteiger partial charge in [0.2, 0.25) is 0 Å². The molecule has 102 valence electrons. The van der Waals surface area contributed by atoms with Crippen LogP contribution in [0, 0.1) is 5.41 Å². The van der Waals surface area contributed by atoms with Crippen LogP contribution in [0.15, 0.2) is 30.3 Å². The molecule has 0 heterocycles. The smallest absolute Gasteiger partial charge is 0.333 e. The molecule has 0 saturated carbocycles. The van der Waals surface area contributed by atoms with Gasteiger partial charge in [0.05, 0.1) is 5.41 Å². The van der Waals surface area contributed by atoms with Crippen molar-refractivity contribution in [3.63, 3.8) is 0 Å². The van der Waals surface area contributed by atoms with Crippen LogP contribution in [-0.4, -0.2) is 24.4 Å². The number of esters is 2. The third kappa shape index (κ3) is 4.91. The summed E-state index contributed by atoms with van der Waals surface area (Å²) in [5, 5.41) is 2.39. The zero-order chi connectivity index (χ0) is 14.5. The first-order chi connectivity index (χ1) is 8.80. The van der Waals surface area contributed by atoms with Gasteiger partial charge in [-0.2, -0.15) is 0 Å². The molecule has 1 rings (SSSR count). The van der Waals surface area contributed by atoms with Crippen molar-refractivity contribution in [1.82, 2.24) is 5.32 Å². The first-order valence-electron chi connectivity index (χ1n) is 5.89. The van der Waals surface area contributed by atoms with E-state index in [0.29, 0.717) is 5.56 Å². The third-order valence-corrected chi connectivity index (χ3v) is 2.25. The summed E-state index contributed by atoms with van der Waals surface area (Å²) >= 11 is 0. The molecule has 19 heavy (non-hydrogen) atoms. The van der Waals surface area contributed by atoms with Crippen LogP contribution >= 0.6 is 0 Å². The molecule has 0 bridgehead atoms. The maximum atomic E-state index is 11.6. The Kier molecular flexibility index (Phi) is 4.80. The van der Waals surface area contributed by atoms with E-state index in [0.717, 1.165) is 0 Å². The SMILES string of the molecule is CC(C)(C)C(=O)OC(=O)CNC(=O)c1ccccc1. The number of ether oxygens (including phenoxy) is 1. The summed E-state index contributed by atoms with van der Waals surface area (Å²) in [6.45, 7) is 4.59. The zero-order valence-corrected chi connectivity index (χ0v) is 11.2. The summed E-state index contributed by atoms with van der Waals surface area (Å²) in [6, 6.07) is 8.47. The van der Waals surface area contributed by atoms with Crippen LogP contribution in [0.5, 0.6) is 0 Å². The summed E-state index contributed by atoms with van der Waals surface area (Å²) in [6.07, 6.45) is 0. The van der Waals surface area contributed by atoms with Crippen molar-refractivity contribution in [2.75, 3.05) is 6.54 Å². The van der Waals surface area contributed by atoms with Gasteiger partial charge in [-0.15, -0.1) is 0 Å². The molecule has 5 heteroatoms. The molecular formula is C14H17NO4. The van der Waals surface area contributed by atoms with E-state index in [9.17, 15) is 14.4 Å². The molecule has 0 saturated heterocycles. The fraction of sp³-hybridized carbons (Fsp3) is 0.357. The molecular weight excluding hydrogens is 246 g/mol. The second-order valence-corrected chi connectivity index (χ2v) is 5.06.